The van der Waals surface area contributed by atoms with Gasteiger partial charge >= 0.3 is 0 Å². The van der Waals surface area contributed by atoms with Crippen LogP contribution in [0.5, 0.6) is 0 Å². The average Bonchev–Trinajstić information content (AvgIpc) is 3.13. The van der Waals surface area contributed by atoms with Crippen molar-refractivity contribution in [2.75, 3.05) is 66.2 Å². The van der Waals surface area contributed by atoms with Gasteiger partial charge in [-0.1, -0.05) is 26.0 Å². The lowest BCUT2D eigenvalue weighted by Crippen LogP contribution is -2.44. The summed E-state index contributed by atoms with van der Waals surface area (Å²) < 4.78 is 10.8. The van der Waals surface area contributed by atoms with Gasteiger partial charge in [0.05, 0.1) is 26.4 Å². The molecule has 1 heterocycles. The Morgan fingerprint density at radius 2 is 1.97 bits per heavy atom. The van der Waals surface area contributed by atoms with Gasteiger partial charge < -0.3 is 19.7 Å². The second kappa shape index (κ2) is 17.1. The van der Waals surface area contributed by atoms with Gasteiger partial charge in [0.25, 0.3) is 0 Å². The van der Waals surface area contributed by atoms with Crippen molar-refractivity contribution in [2.45, 2.75) is 33.2 Å². The van der Waals surface area contributed by atoms with Gasteiger partial charge in [-0.25, -0.2) is 0 Å². The Morgan fingerprint density at radius 1 is 1.28 bits per heavy atom. The van der Waals surface area contributed by atoms with Gasteiger partial charge in [-0.3, -0.25) is 9.89 Å². The van der Waals surface area contributed by atoms with E-state index in [1.807, 2.05) is 12.2 Å². The molecule has 6 nitrogen and oxygen atoms in total. The molecule has 0 saturated carbocycles. The Morgan fingerprint density at radius 3 is 2.52 bits per heavy atom. The Labute approximate surface area is 195 Å². The first-order valence-corrected chi connectivity index (χ1v) is 10.6. The van der Waals surface area contributed by atoms with E-state index in [0.29, 0.717) is 31.1 Å². The first kappa shape index (κ1) is 28.4. The van der Waals surface area contributed by atoms with Gasteiger partial charge in [-0.05, 0) is 19.3 Å². The fraction of sp³-hybridized carbons (Fsp3) is 0.773. The number of rotatable bonds is 14. The van der Waals surface area contributed by atoms with E-state index in [1.54, 1.807) is 7.11 Å². The van der Waals surface area contributed by atoms with E-state index in [9.17, 15) is 0 Å². The Bertz CT molecular complexity index is 464. The average molecular weight is 523 g/mol. The Balaban J connectivity index is 0.00000784. The predicted molar refractivity (Wildman–Crippen MR) is 134 cm³/mol. The van der Waals surface area contributed by atoms with Crippen molar-refractivity contribution in [3.05, 3.63) is 25.3 Å². The van der Waals surface area contributed by atoms with E-state index in [4.69, 9.17) is 14.5 Å². The summed E-state index contributed by atoms with van der Waals surface area (Å²) in [6, 6.07) is 0.362. The van der Waals surface area contributed by atoms with Gasteiger partial charge in [-0.2, -0.15) is 0 Å². The zero-order valence-corrected chi connectivity index (χ0v) is 21.3. The highest BCUT2D eigenvalue weighted by atomic mass is 127. The van der Waals surface area contributed by atoms with Crippen LogP contribution in [0.25, 0.3) is 0 Å². The summed E-state index contributed by atoms with van der Waals surface area (Å²) in [7, 11) is 1.70. The van der Waals surface area contributed by atoms with Crippen molar-refractivity contribution >= 4 is 29.9 Å². The number of hydrogen-bond acceptors (Lipinski definition) is 4. The van der Waals surface area contributed by atoms with E-state index in [-0.39, 0.29) is 24.0 Å². The van der Waals surface area contributed by atoms with Gasteiger partial charge in [0, 0.05) is 51.8 Å². The fourth-order valence-electron chi connectivity index (χ4n) is 3.58. The van der Waals surface area contributed by atoms with E-state index in [1.165, 1.54) is 0 Å². The van der Waals surface area contributed by atoms with Crippen LogP contribution in [0.15, 0.2) is 30.3 Å². The van der Waals surface area contributed by atoms with Crippen LogP contribution >= 0.6 is 24.0 Å². The predicted octanol–water partition coefficient (Wildman–Crippen LogP) is 3.25. The highest BCUT2D eigenvalue weighted by molar-refractivity contribution is 14.0. The third-order valence-electron chi connectivity index (χ3n) is 5.10. The maximum atomic E-state index is 5.72. The van der Waals surface area contributed by atoms with Crippen LogP contribution in [0.2, 0.25) is 0 Å². The summed E-state index contributed by atoms with van der Waals surface area (Å²) in [6.45, 7) is 21.9. The third kappa shape index (κ3) is 10.8. The second-order valence-corrected chi connectivity index (χ2v) is 7.71. The molecule has 29 heavy (non-hydrogen) atoms. The quantitative estimate of drug-likeness (QED) is 0.125. The molecule has 0 bridgehead atoms. The molecule has 1 aliphatic rings. The normalized spacial score (nSPS) is 18.1. The maximum Gasteiger partial charge on any atom is 0.193 e. The summed E-state index contributed by atoms with van der Waals surface area (Å²) in [5.74, 6) is 2.08. The zero-order chi connectivity index (χ0) is 20.8. The molecule has 1 rings (SSSR count). The van der Waals surface area contributed by atoms with Crippen LogP contribution in [-0.2, 0) is 9.47 Å². The van der Waals surface area contributed by atoms with Gasteiger partial charge in [0.15, 0.2) is 5.96 Å². The number of hydrogen-bond donors (Lipinski definition) is 1. The van der Waals surface area contributed by atoms with Crippen LogP contribution in [0, 0.1) is 11.8 Å². The molecule has 0 radical (unpaired) electrons. The van der Waals surface area contributed by atoms with E-state index in [0.717, 1.165) is 58.3 Å². The SMILES string of the molecule is C=CCN(CC=C)C(CN=C(NCC)N1CCC(COCCOC)C1)C(C)C.I. The summed E-state index contributed by atoms with van der Waals surface area (Å²) in [5, 5.41) is 3.47. The van der Waals surface area contributed by atoms with Crippen molar-refractivity contribution in [1.82, 2.24) is 15.1 Å². The minimum Gasteiger partial charge on any atom is -0.382 e. The molecule has 0 aromatic heterocycles. The summed E-state index contributed by atoms with van der Waals surface area (Å²) >= 11 is 0. The van der Waals surface area contributed by atoms with Crippen molar-refractivity contribution in [2.24, 2.45) is 16.8 Å². The van der Waals surface area contributed by atoms with Crippen molar-refractivity contribution in [3.63, 3.8) is 0 Å². The number of guanidine groups is 1. The lowest BCUT2D eigenvalue weighted by molar-refractivity contribution is 0.0536. The molecule has 1 saturated heterocycles. The fourth-order valence-corrected chi connectivity index (χ4v) is 3.58. The zero-order valence-electron chi connectivity index (χ0n) is 18.9. The summed E-state index contributed by atoms with van der Waals surface area (Å²) in [4.78, 5) is 9.78. The van der Waals surface area contributed by atoms with Crippen LogP contribution in [0.1, 0.15) is 27.2 Å². The Kier molecular flexibility index (Phi) is 16.7. The molecule has 0 spiro atoms. The molecule has 0 aliphatic carbocycles. The largest absolute Gasteiger partial charge is 0.382 e. The highest BCUT2D eigenvalue weighted by Crippen LogP contribution is 2.17. The number of likely N-dealkylation sites (tertiary alicyclic amines) is 1. The van der Waals surface area contributed by atoms with Gasteiger partial charge in [0.2, 0.25) is 0 Å². The Hall–Kier alpha value is -0.640. The maximum absolute atomic E-state index is 5.72. The molecule has 170 valence electrons. The molecule has 0 aromatic rings. The highest BCUT2D eigenvalue weighted by Gasteiger charge is 2.26. The molecular formula is C22H43IN4O2. The minimum absolute atomic E-state index is 0. The van der Waals surface area contributed by atoms with E-state index < -0.39 is 0 Å². The molecule has 0 amide bonds. The topological polar surface area (TPSA) is 49.3 Å². The van der Waals surface area contributed by atoms with E-state index >= 15 is 0 Å². The van der Waals surface area contributed by atoms with Crippen molar-refractivity contribution in [1.29, 1.82) is 0 Å². The summed E-state index contributed by atoms with van der Waals surface area (Å²) in [5.41, 5.74) is 0. The molecular weight excluding hydrogens is 479 g/mol. The monoisotopic (exact) mass is 522 g/mol. The smallest absolute Gasteiger partial charge is 0.193 e. The van der Waals surface area contributed by atoms with Crippen LogP contribution in [0.4, 0.5) is 0 Å². The van der Waals surface area contributed by atoms with Crippen molar-refractivity contribution in [3.8, 4) is 0 Å². The first-order valence-electron chi connectivity index (χ1n) is 10.6. The third-order valence-corrected chi connectivity index (χ3v) is 5.10. The van der Waals surface area contributed by atoms with Crippen LogP contribution < -0.4 is 5.32 Å². The number of nitrogens with zero attached hydrogens (tertiary/aromatic N) is 3. The molecule has 2 unspecified atom stereocenters. The molecule has 2 atom stereocenters. The van der Waals surface area contributed by atoms with Crippen LogP contribution in [0.3, 0.4) is 0 Å². The lowest BCUT2D eigenvalue weighted by atomic mass is 10.0. The number of halogens is 1. The number of ether oxygens (including phenoxy) is 2. The molecule has 0 aromatic carbocycles. The van der Waals surface area contributed by atoms with Crippen molar-refractivity contribution < 1.29 is 9.47 Å². The number of aliphatic imine (C=N–C) groups is 1. The molecule has 1 fully saturated rings. The number of methoxy groups -OCH3 is 1. The summed E-state index contributed by atoms with van der Waals surface area (Å²) in [6.07, 6.45) is 5.06. The molecule has 1 N–H and O–H groups in total. The molecule has 7 heteroatoms. The van der Waals surface area contributed by atoms with E-state index in [2.05, 4.69) is 49.0 Å². The van der Waals surface area contributed by atoms with Gasteiger partial charge in [0.1, 0.15) is 0 Å². The minimum atomic E-state index is 0. The standard InChI is InChI=1S/C22H42N4O2.HI/c1-7-11-25(12-8-2)21(19(4)5)16-24-22(23-9-3)26-13-10-20(17-26)18-28-15-14-27-6;/h7-8,19-21H,1-2,9-18H2,3-6H3,(H,23,24);1H. The number of nitrogens with one attached hydrogen (secondary N) is 1. The van der Waals surface area contributed by atoms with Crippen LogP contribution in [-0.4, -0.2) is 88.0 Å². The second-order valence-electron chi connectivity index (χ2n) is 7.71. The van der Waals surface area contributed by atoms with Gasteiger partial charge in [-0.15, -0.1) is 37.1 Å². The first-order chi connectivity index (χ1) is 13.6. The molecule has 1 aliphatic heterocycles. The lowest BCUT2D eigenvalue weighted by Gasteiger charge is -2.32.